The molecule has 3 aromatic rings. The highest BCUT2D eigenvalue weighted by Gasteiger charge is 2.38. The second kappa shape index (κ2) is 10.6. The number of fused-ring (bicyclic) bond motifs is 1. The minimum atomic E-state index is -4.80. The minimum absolute atomic E-state index is 0.000606. The summed E-state index contributed by atoms with van der Waals surface area (Å²) in [7, 11) is -2.41. The van der Waals surface area contributed by atoms with Crippen LogP contribution in [0.25, 0.3) is 10.6 Å². The Morgan fingerprint density at radius 3 is 2.70 bits per heavy atom. The number of halogens is 3. The van der Waals surface area contributed by atoms with E-state index in [0.717, 1.165) is 37.0 Å². The van der Waals surface area contributed by atoms with Gasteiger partial charge in [-0.25, -0.2) is 18.4 Å². The molecule has 1 fully saturated rings. The van der Waals surface area contributed by atoms with Gasteiger partial charge in [0.05, 0.1) is 21.2 Å². The van der Waals surface area contributed by atoms with Crippen LogP contribution in [0.4, 0.5) is 30.5 Å². The van der Waals surface area contributed by atoms with E-state index in [1.54, 1.807) is 0 Å². The van der Waals surface area contributed by atoms with E-state index in [4.69, 9.17) is 0 Å². The first-order valence-corrected chi connectivity index (χ1v) is 15.3. The smallest absolute Gasteiger partial charge is 0.366 e. The van der Waals surface area contributed by atoms with Crippen molar-refractivity contribution in [2.45, 2.75) is 37.4 Å². The van der Waals surface area contributed by atoms with Crippen molar-refractivity contribution >= 4 is 44.4 Å². The molecule has 0 saturated carbocycles. The molecule has 40 heavy (non-hydrogen) atoms. The molecule has 1 atom stereocenters. The molecular formula is C26H29F3N6O3S2. The zero-order valence-corrected chi connectivity index (χ0v) is 23.8. The molecule has 0 spiro atoms. The van der Waals surface area contributed by atoms with Crippen molar-refractivity contribution < 1.29 is 26.4 Å². The number of hydrogen-bond acceptors (Lipinski definition) is 9. The molecule has 0 aliphatic carbocycles. The summed E-state index contributed by atoms with van der Waals surface area (Å²) in [5, 5.41) is 6.41. The third-order valence-corrected chi connectivity index (χ3v) is 10.1. The van der Waals surface area contributed by atoms with Crippen molar-refractivity contribution in [1.29, 1.82) is 0 Å². The van der Waals surface area contributed by atoms with Gasteiger partial charge in [-0.1, -0.05) is 6.92 Å². The van der Waals surface area contributed by atoms with Crippen LogP contribution < -0.4 is 15.5 Å². The number of amides is 1. The first kappa shape index (κ1) is 28.3. The number of alkyl halides is 3. The van der Waals surface area contributed by atoms with E-state index in [-0.39, 0.29) is 32.9 Å². The molecule has 0 unspecified atom stereocenters. The highest BCUT2D eigenvalue weighted by molar-refractivity contribution is 7.91. The van der Waals surface area contributed by atoms with Crippen molar-refractivity contribution in [1.82, 2.24) is 20.2 Å². The summed E-state index contributed by atoms with van der Waals surface area (Å²) in [6.07, 6.45) is -3.46. The molecule has 5 rings (SSSR count). The number of rotatable bonds is 5. The minimum Gasteiger partial charge on any atom is -0.366 e. The third-order valence-electron chi connectivity index (χ3n) is 7.15. The zero-order valence-electron chi connectivity index (χ0n) is 22.2. The van der Waals surface area contributed by atoms with E-state index in [1.165, 1.54) is 11.9 Å². The number of thiophene rings is 1. The summed E-state index contributed by atoms with van der Waals surface area (Å²) < 4.78 is 67.6. The van der Waals surface area contributed by atoms with Gasteiger partial charge >= 0.3 is 6.18 Å². The Bertz CT molecular complexity index is 1560. The van der Waals surface area contributed by atoms with Gasteiger partial charge in [0.2, 0.25) is 5.95 Å². The van der Waals surface area contributed by atoms with Crippen LogP contribution in [0, 0.1) is 0 Å². The molecule has 1 saturated heterocycles. The largest absolute Gasteiger partial charge is 0.420 e. The highest BCUT2D eigenvalue weighted by atomic mass is 32.2. The van der Waals surface area contributed by atoms with E-state index in [0.29, 0.717) is 35.7 Å². The fraction of sp³-hybridized carbons (Fsp3) is 0.423. The van der Waals surface area contributed by atoms with Crippen LogP contribution in [0.15, 0.2) is 35.4 Å². The van der Waals surface area contributed by atoms with Crippen LogP contribution in [-0.4, -0.2) is 74.2 Å². The molecule has 1 amide bonds. The maximum atomic E-state index is 14.0. The fourth-order valence-corrected chi connectivity index (χ4v) is 7.90. The molecular weight excluding hydrogens is 565 g/mol. The number of anilines is 3. The van der Waals surface area contributed by atoms with Gasteiger partial charge in [-0.3, -0.25) is 4.79 Å². The number of hydrogen-bond donors (Lipinski definition) is 2. The average Bonchev–Trinajstić information content (AvgIpc) is 3.35. The first-order chi connectivity index (χ1) is 18.9. The van der Waals surface area contributed by atoms with Crippen LogP contribution >= 0.6 is 11.3 Å². The number of carbonyl (C=O) groups is 1. The third kappa shape index (κ3) is 5.39. The van der Waals surface area contributed by atoms with Crippen molar-refractivity contribution in [2.75, 3.05) is 49.2 Å². The number of nitrogens with one attached hydrogen (secondary N) is 2. The van der Waals surface area contributed by atoms with Crippen LogP contribution in [0.3, 0.4) is 0 Å². The second-order valence-corrected chi connectivity index (χ2v) is 13.0. The van der Waals surface area contributed by atoms with Crippen molar-refractivity contribution in [3.63, 3.8) is 0 Å². The lowest BCUT2D eigenvalue weighted by atomic mass is 10.1. The van der Waals surface area contributed by atoms with Gasteiger partial charge in [0.15, 0.2) is 9.84 Å². The monoisotopic (exact) mass is 594 g/mol. The Morgan fingerprint density at radius 2 is 2.00 bits per heavy atom. The lowest BCUT2D eigenvalue weighted by Crippen LogP contribution is -2.49. The molecule has 9 nitrogen and oxygen atoms in total. The van der Waals surface area contributed by atoms with E-state index in [9.17, 15) is 26.4 Å². The van der Waals surface area contributed by atoms with Gasteiger partial charge in [-0.05, 0) is 43.2 Å². The molecule has 2 N–H and O–H groups in total. The number of nitrogens with zero attached hydrogens (tertiary/aromatic N) is 4. The van der Waals surface area contributed by atoms with Crippen molar-refractivity contribution in [3.8, 4) is 10.6 Å². The molecule has 14 heteroatoms. The lowest BCUT2D eigenvalue weighted by molar-refractivity contribution is -0.137. The number of sulfone groups is 1. The second-order valence-electron chi connectivity index (χ2n) is 9.87. The van der Waals surface area contributed by atoms with Crippen LogP contribution in [0.5, 0.6) is 0 Å². The first-order valence-electron chi connectivity index (χ1n) is 12.8. The summed E-state index contributed by atoms with van der Waals surface area (Å²) in [5.41, 5.74) is 1.04. The zero-order chi connectivity index (χ0) is 28.8. The Kier molecular flexibility index (Phi) is 7.52. The molecule has 2 aliphatic heterocycles. The van der Waals surface area contributed by atoms with Crippen molar-refractivity contribution in [3.05, 3.63) is 46.5 Å². The number of piperazine rings is 1. The maximum absolute atomic E-state index is 14.0. The number of carbonyl (C=O) groups excluding carboxylic acids is 1. The SMILES string of the molecule is CCc1cc(N2CCNC[C@@H]2C)ccc1Nc1ncc(C(F)(F)F)c(-c2cc3c(s2)C(=O)N(C)CCS3(=O)=O)n1. The Hall–Kier alpha value is -3.23. The van der Waals surface area contributed by atoms with E-state index in [2.05, 4.69) is 38.5 Å². The summed E-state index contributed by atoms with van der Waals surface area (Å²) in [5.74, 6) is -0.945. The Labute approximate surface area is 234 Å². The van der Waals surface area contributed by atoms with Crippen LogP contribution in [0.1, 0.15) is 34.6 Å². The Morgan fingerprint density at radius 1 is 1.23 bits per heavy atom. The molecule has 2 aromatic heterocycles. The molecule has 1 aromatic carbocycles. The van der Waals surface area contributed by atoms with Gasteiger partial charge in [0.1, 0.15) is 10.4 Å². The number of aryl methyl sites for hydroxylation is 1. The van der Waals surface area contributed by atoms with Crippen LogP contribution in [-0.2, 0) is 22.4 Å². The normalized spacial score (nSPS) is 19.4. The van der Waals surface area contributed by atoms with Crippen molar-refractivity contribution in [2.24, 2.45) is 0 Å². The molecule has 0 bridgehead atoms. The predicted octanol–water partition coefficient (Wildman–Crippen LogP) is 4.19. The summed E-state index contributed by atoms with van der Waals surface area (Å²) in [4.78, 5) is 24.0. The van der Waals surface area contributed by atoms with E-state index >= 15 is 0 Å². The highest BCUT2D eigenvalue weighted by Crippen LogP contribution is 2.42. The van der Waals surface area contributed by atoms with Gasteiger partial charge < -0.3 is 20.4 Å². The molecule has 2 aliphatic rings. The average molecular weight is 595 g/mol. The quantitative estimate of drug-likeness (QED) is 0.453. The van der Waals surface area contributed by atoms with Gasteiger partial charge in [0, 0.05) is 56.8 Å². The number of benzene rings is 1. The predicted molar refractivity (Wildman–Crippen MR) is 148 cm³/mol. The van der Waals surface area contributed by atoms with Gasteiger partial charge in [0.25, 0.3) is 5.91 Å². The fourth-order valence-electron chi connectivity index (χ4n) is 4.87. The summed E-state index contributed by atoms with van der Waals surface area (Å²) in [6.45, 7) is 6.74. The summed E-state index contributed by atoms with van der Waals surface area (Å²) in [6, 6.07) is 7.30. The summed E-state index contributed by atoms with van der Waals surface area (Å²) >= 11 is 0.688. The molecule has 214 valence electrons. The van der Waals surface area contributed by atoms with Gasteiger partial charge in [-0.2, -0.15) is 13.2 Å². The molecule has 4 heterocycles. The number of aromatic nitrogens is 2. The van der Waals surface area contributed by atoms with Gasteiger partial charge in [-0.15, -0.1) is 11.3 Å². The van der Waals surface area contributed by atoms with E-state index < -0.39 is 33.2 Å². The standard InChI is InChI=1S/C26H29F3N6O3S2/c1-4-16-11-17(35-8-7-30-13-15(35)2)5-6-19(16)32-25-31-14-18(26(27,28)29)22(33-25)20-12-21-23(39-20)24(36)34(3)9-10-40(21,37)38/h5-6,11-12,14-15,30H,4,7-10,13H2,1-3H3,(H,31,32,33)/t15-/m0/s1. The maximum Gasteiger partial charge on any atom is 0.420 e. The topological polar surface area (TPSA) is 108 Å². The van der Waals surface area contributed by atoms with E-state index in [1.807, 2.05) is 19.1 Å². The molecule has 0 radical (unpaired) electrons. The Balaban J connectivity index is 1.54. The van der Waals surface area contributed by atoms with Crippen LogP contribution in [0.2, 0.25) is 0 Å². The lowest BCUT2D eigenvalue weighted by Gasteiger charge is -2.36.